The van der Waals surface area contributed by atoms with Gasteiger partial charge in [0.15, 0.2) is 0 Å². The van der Waals surface area contributed by atoms with E-state index in [4.69, 9.17) is 21.1 Å². The van der Waals surface area contributed by atoms with Gasteiger partial charge in [-0.05, 0) is 116 Å². The Bertz CT molecular complexity index is 1530. The van der Waals surface area contributed by atoms with Gasteiger partial charge in [0.2, 0.25) is 10.0 Å². The first-order valence-corrected chi connectivity index (χ1v) is 19.6. The molecule has 10 heteroatoms. The number of ether oxygens (including phenoxy) is 2. The van der Waals surface area contributed by atoms with Crippen molar-refractivity contribution in [3.63, 3.8) is 0 Å². The minimum absolute atomic E-state index is 0.0768. The summed E-state index contributed by atoms with van der Waals surface area (Å²) in [7, 11) is -3.87. The fraction of sp³-hybridized carbons (Fsp3) is 0.649. The molecule has 0 aromatic heterocycles. The summed E-state index contributed by atoms with van der Waals surface area (Å²) in [5, 5.41) is 0.0464. The number of carbonyl (C=O) groups is 1. The lowest BCUT2D eigenvalue weighted by Gasteiger charge is -2.52. The molecule has 0 unspecified atom stereocenters. The number of rotatable bonds is 2. The predicted molar refractivity (Wildman–Crippen MR) is 188 cm³/mol. The fourth-order valence-corrected chi connectivity index (χ4v) is 9.87. The average molecular weight is 686 g/mol. The minimum atomic E-state index is -3.87. The van der Waals surface area contributed by atoms with Crippen LogP contribution in [0.4, 0.5) is 5.69 Å². The summed E-state index contributed by atoms with van der Waals surface area (Å²) < 4.78 is 41.6. The number of carbonyl (C=O) groups excluding carboxylic acids is 1. The molecule has 3 heterocycles. The zero-order chi connectivity index (χ0) is 33.2. The van der Waals surface area contributed by atoms with E-state index in [-0.39, 0.29) is 11.3 Å². The number of aryl methyl sites for hydroxylation is 1. The van der Waals surface area contributed by atoms with Crippen LogP contribution in [0.25, 0.3) is 0 Å². The number of anilines is 1. The van der Waals surface area contributed by atoms with E-state index >= 15 is 0 Å². The van der Waals surface area contributed by atoms with E-state index in [1.165, 1.54) is 18.4 Å². The van der Waals surface area contributed by atoms with Gasteiger partial charge in [0.25, 0.3) is 5.91 Å². The molecule has 2 aromatic rings. The Morgan fingerprint density at radius 1 is 0.979 bits per heavy atom. The normalized spacial score (nSPS) is 30.8. The van der Waals surface area contributed by atoms with Crippen LogP contribution in [0.15, 0.2) is 36.4 Å². The molecule has 1 saturated carbocycles. The summed E-state index contributed by atoms with van der Waals surface area (Å²) >= 11 is 6.38. The first kappa shape index (κ1) is 34.5. The zero-order valence-corrected chi connectivity index (χ0v) is 29.9. The molecule has 0 radical (unpaired) electrons. The molecule has 2 aromatic carbocycles. The highest BCUT2D eigenvalue weighted by molar-refractivity contribution is 7.90. The number of morpholine rings is 1. The second-order valence-electron chi connectivity index (χ2n) is 14.8. The summed E-state index contributed by atoms with van der Waals surface area (Å²) in [4.78, 5) is 18.5. The SMILES string of the molecule is C[C@@H]1[C@@H](C)CCC[C@](C)(CN2CCOCC2)[C@@H]2CC[C@H]2CN2CCCCc3cc(Cl)ccc3COc3ccc(cc32)C(=O)NS1(=O)=O. The van der Waals surface area contributed by atoms with Crippen molar-refractivity contribution >= 4 is 33.2 Å². The average Bonchev–Trinajstić information content (AvgIpc) is 3.05. The van der Waals surface area contributed by atoms with Crippen LogP contribution in [-0.2, 0) is 27.8 Å². The third-order valence-electron chi connectivity index (χ3n) is 11.6. The number of hydrogen-bond donors (Lipinski definition) is 1. The highest BCUT2D eigenvalue weighted by Gasteiger charge is 2.46. The number of sulfonamides is 1. The maximum atomic E-state index is 13.5. The van der Waals surface area contributed by atoms with E-state index in [1.807, 2.05) is 37.3 Å². The third-order valence-corrected chi connectivity index (χ3v) is 13.8. The molecule has 3 aliphatic heterocycles. The van der Waals surface area contributed by atoms with Crippen molar-refractivity contribution in [1.82, 2.24) is 9.62 Å². The lowest BCUT2D eigenvalue weighted by molar-refractivity contribution is -0.0334. The van der Waals surface area contributed by atoms with E-state index in [0.717, 1.165) is 101 Å². The Hall–Kier alpha value is -2.33. The van der Waals surface area contributed by atoms with Gasteiger partial charge in [-0.2, -0.15) is 0 Å². The van der Waals surface area contributed by atoms with Crippen molar-refractivity contribution in [3.8, 4) is 5.75 Å². The van der Waals surface area contributed by atoms with Gasteiger partial charge in [0.1, 0.15) is 12.4 Å². The Labute approximate surface area is 286 Å². The molecule has 47 heavy (non-hydrogen) atoms. The van der Waals surface area contributed by atoms with Gasteiger partial charge in [-0.1, -0.05) is 37.9 Å². The Morgan fingerprint density at radius 3 is 2.55 bits per heavy atom. The lowest BCUT2D eigenvalue weighted by atomic mass is 9.57. The molecular formula is C37H52ClN3O5S. The van der Waals surface area contributed by atoms with Crippen LogP contribution in [0.1, 0.15) is 87.2 Å². The van der Waals surface area contributed by atoms with Crippen LogP contribution in [0, 0.1) is 23.2 Å². The molecule has 1 amide bonds. The van der Waals surface area contributed by atoms with Gasteiger partial charge in [-0.25, -0.2) is 13.1 Å². The number of fused-ring (bicyclic) bond motifs is 3. The molecule has 6 rings (SSSR count). The number of benzene rings is 2. The summed E-state index contributed by atoms with van der Waals surface area (Å²) in [6.45, 7) is 12.9. The number of hydrogen-bond acceptors (Lipinski definition) is 7. The van der Waals surface area contributed by atoms with Crippen LogP contribution in [0.2, 0.25) is 5.02 Å². The highest BCUT2D eigenvalue weighted by atomic mass is 35.5. The molecule has 2 fully saturated rings. The van der Waals surface area contributed by atoms with Crippen molar-refractivity contribution < 1.29 is 22.7 Å². The van der Waals surface area contributed by atoms with Crippen molar-refractivity contribution in [3.05, 3.63) is 58.1 Å². The van der Waals surface area contributed by atoms with E-state index in [0.29, 0.717) is 29.8 Å². The highest BCUT2D eigenvalue weighted by Crippen LogP contribution is 2.51. The molecule has 0 spiro atoms. The van der Waals surface area contributed by atoms with Crippen LogP contribution in [-0.4, -0.2) is 70.4 Å². The number of nitrogens with one attached hydrogen (secondary N) is 1. The van der Waals surface area contributed by atoms with Crippen LogP contribution in [0.5, 0.6) is 5.75 Å². The molecule has 258 valence electrons. The summed E-state index contributed by atoms with van der Waals surface area (Å²) in [5.41, 5.74) is 3.63. The van der Waals surface area contributed by atoms with Crippen molar-refractivity contribution in [2.45, 2.75) is 84.0 Å². The molecule has 5 atom stereocenters. The van der Waals surface area contributed by atoms with Crippen LogP contribution >= 0.6 is 11.6 Å². The maximum Gasteiger partial charge on any atom is 0.264 e. The second-order valence-corrected chi connectivity index (χ2v) is 17.3. The quantitative estimate of drug-likeness (QED) is 0.377. The van der Waals surface area contributed by atoms with Crippen LogP contribution in [0.3, 0.4) is 0 Å². The van der Waals surface area contributed by atoms with Crippen molar-refractivity contribution in [2.75, 3.05) is 50.8 Å². The smallest absolute Gasteiger partial charge is 0.264 e. The van der Waals surface area contributed by atoms with Gasteiger partial charge in [0, 0.05) is 43.3 Å². The Balaban J connectivity index is 1.37. The number of nitrogens with zero attached hydrogens (tertiary/aromatic N) is 2. The summed E-state index contributed by atoms with van der Waals surface area (Å²) in [6, 6.07) is 11.4. The summed E-state index contributed by atoms with van der Waals surface area (Å²) in [6.07, 6.45) is 8.14. The van der Waals surface area contributed by atoms with Gasteiger partial charge in [-0.3, -0.25) is 9.69 Å². The molecule has 1 N–H and O–H groups in total. The molecular weight excluding hydrogens is 634 g/mol. The van der Waals surface area contributed by atoms with E-state index in [9.17, 15) is 13.2 Å². The van der Waals surface area contributed by atoms with Crippen LogP contribution < -0.4 is 14.4 Å². The zero-order valence-electron chi connectivity index (χ0n) is 28.3. The number of halogens is 1. The van der Waals surface area contributed by atoms with Gasteiger partial charge in [-0.15, -0.1) is 0 Å². The first-order valence-electron chi connectivity index (χ1n) is 17.7. The molecule has 2 bridgehead atoms. The molecule has 1 saturated heterocycles. The fourth-order valence-electron chi connectivity index (χ4n) is 8.37. The summed E-state index contributed by atoms with van der Waals surface area (Å²) in [5.74, 6) is 1.13. The number of amides is 1. The van der Waals surface area contributed by atoms with Gasteiger partial charge >= 0.3 is 0 Å². The third kappa shape index (κ3) is 7.95. The van der Waals surface area contributed by atoms with Crippen molar-refractivity contribution in [1.29, 1.82) is 0 Å². The molecule has 8 nitrogen and oxygen atoms in total. The van der Waals surface area contributed by atoms with E-state index in [2.05, 4.69) is 21.4 Å². The lowest BCUT2D eigenvalue weighted by Crippen LogP contribution is -2.52. The van der Waals surface area contributed by atoms with Gasteiger partial charge < -0.3 is 14.4 Å². The minimum Gasteiger partial charge on any atom is -0.487 e. The molecule has 1 aliphatic carbocycles. The standard InChI is InChI=1S/C37H52ClN3O5S/c1-26-7-6-15-37(3,25-40-17-19-45-20-18-40)33-13-10-30(33)23-41-16-5-4-8-28-21-32(38)12-9-31(28)24-46-35-14-11-29(22-34(35)41)36(42)39-47(43,44)27(26)2/h9,11-12,14,21-22,26-27,30,33H,4-8,10,13,15-20,23-25H2,1-3H3,(H,39,42)/t26-,27+,30-,33+,37+/m0/s1. The topological polar surface area (TPSA) is 88.2 Å². The second kappa shape index (κ2) is 14.7. The molecule has 4 aliphatic rings. The largest absolute Gasteiger partial charge is 0.487 e. The van der Waals surface area contributed by atoms with E-state index in [1.54, 1.807) is 13.0 Å². The first-order chi connectivity index (χ1) is 22.5. The Morgan fingerprint density at radius 2 is 1.79 bits per heavy atom. The predicted octanol–water partition coefficient (Wildman–Crippen LogP) is 6.69. The maximum absolute atomic E-state index is 13.5. The monoisotopic (exact) mass is 685 g/mol. The van der Waals surface area contributed by atoms with E-state index < -0.39 is 21.2 Å². The van der Waals surface area contributed by atoms with Gasteiger partial charge in [0.05, 0.1) is 24.2 Å². The van der Waals surface area contributed by atoms with Crippen molar-refractivity contribution in [2.24, 2.45) is 23.2 Å². The Kier molecular flexibility index (Phi) is 10.8.